The Bertz CT molecular complexity index is 676. The van der Waals surface area contributed by atoms with E-state index in [-0.39, 0.29) is 5.91 Å². The number of rotatable bonds is 5. The zero-order valence-corrected chi connectivity index (χ0v) is 14.1. The molecule has 0 unspecified atom stereocenters. The molecule has 4 nitrogen and oxygen atoms in total. The molecular weight excluding hydrogens is 300 g/mol. The molecule has 1 N–H and O–H groups in total. The molecule has 2 aromatic rings. The Labute approximate surface area is 143 Å². The third kappa shape index (κ3) is 3.88. The van der Waals surface area contributed by atoms with Crippen LogP contribution < -0.4 is 15.0 Å². The van der Waals surface area contributed by atoms with Crippen LogP contribution in [0.2, 0.25) is 0 Å². The van der Waals surface area contributed by atoms with Crippen molar-refractivity contribution in [3.63, 3.8) is 0 Å². The number of benzene rings is 2. The fraction of sp³-hybridized carbons (Fsp3) is 0.350. The van der Waals surface area contributed by atoms with Crippen LogP contribution in [0.15, 0.2) is 48.5 Å². The van der Waals surface area contributed by atoms with E-state index < -0.39 is 0 Å². The predicted octanol–water partition coefficient (Wildman–Crippen LogP) is 4.33. The van der Waals surface area contributed by atoms with Crippen molar-refractivity contribution < 1.29 is 9.53 Å². The quantitative estimate of drug-likeness (QED) is 0.890. The summed E-state index contributed by atoms with van der Waals surface area (Å²) in [4.78, 5) is 14.9. The second kappa shape index (κ2) is 7.86. The Morgan fingerprint density at radius 2 is 1.75 bits per heavy atom. The average molecular weight is 324 g/mol. The SMILES string of the molecule is CCOc1ccccc1C(=O)Nc1ccc(N2CCCCC2)cc1. The summed E-state index contributed by atoms with van der Waals surface area (Å²) in [7, 11) is 0. The summed E-state index contributed by atoms with van der Waals surface area (Å²) in [6.45, 7) is 4.68. The van der Waals surface area contributed by atoms with Crippen LogP contribution in [0.25, 0.3) is 0 Å². The molecule has 1 fully saturated rings. The van der Waals surface area contributed by atoms with Crippen molar-refractivity contribution >= 4 is 17.3 Å². The van der Waals surface area contributed by atoms with E-state index in [9.17, 15) is 4.79 Å². The van der Waals surface area contributed by atoms with E-state index >= 15 is 0 Å². The van der Waals surface area contributed by atoms with E-state index in [0.29, 0.717) is 17.9 Å². The Kier molecular flexibility index (Phi) is 5.36. The molecule has 1 amide bonds. The van der Waals surface area contributed by atoms with Crippen LogP contribution in [0.1, 0.15) is 36.5 Å². The second-order valence-electron chi connectivity index (χ2n) is 5.98. The van der Waals surface area contributed by atoms with Gasteiger partial charge in [0.2, 0.25) is 0 Å². The number of carbonyl (C=O) groups is 1. The molecule has 0 radical (unpaired) electrons. The molecule has 0 spiro atoms. The summed E-state index contributed by atoms with van der Waals surface area (Å²) < 4.78 is 5.53. The first-order chi connectivity index (χ1) is 11.8. The third-order valence-corrected chi connectivity index (χ3v) is 4.28. The lowest BCUT2D eigenvalue weighted by Crippen LogP contribution is -2.29. The maximum absolute atomic E-state index is 12.5. The lowest BCUT2D eigenvalue weighted by Gasteiger charge is -2.28. The Morgan fingerprint density at radius 1 is 1.04 bits per heavy atom. The van der Waals surface area contributed by atoms with E-state index in [2.05, 4.69) is 22.3 Å². The first-order valence-corrected chi connectivity index (χ1v) is 8.66. The van der Waals surface area contributed by atoms with Crippen molar-refractivity contribution in [3.05, 3.63) is 54.1 Å². The molecule has 0 bridgehead atoms. The molecule has 24 heavy (non-hydrogen) atoms. The minimum Gasteiger partial charge on any atom is -0.493 e. The summed E-state index contributed by atoms with van der Waals surface area (Å²) in [5, 5.41) is 2.95. The molecule has 1 saturated heterocycles. The van der Waals surface area contributed by atoms with Gasteiger partial charge in [0.25, 0.3) is 5.91 Å². The van der Waals surface area contributed by atoms with Gasteiger partial charge in [0.15, 0.2) is 0 Å². The minimum atomic E-state index is -0.148. The number of nitrogens with one attached hydrogen (secondary N) is 1. The minimum absolute atomic E-state index is 0.148. The first-order valence-electron chi connectivity index (χ1n) is 8.66. The van der Waals surface area contributed by atoms with Gasteiger partial charge in [0.05, 0.1) is 12.2 Å². The molecule has 1 aliphatic heterocycles. The summed E-state index contributed by atoms with van der Waals surface area (Å²) in [5.74, 6) is 0.465. The van der Waals surface area contributed by atoms with Crippen molar-refractivity contribution in [1.82, 2.24) is 0 Å². The highest BCUT2D eigenvalue weighted by molar-refractivity contribution is 6.06. The van der Waals surface area contributed by atoms with Gasteiger partial charge in [-0.2, -0.15) is 0 Å². The van der Waals surface area contributed by atoms with E-state index in [1.54, 1.807) is 6.07 Å². The normalized spacial score (nSPS) is 14.3. The first kappa shape index (κ1) is 16.4. The second-order valence-corrected chi connectivity index (χ2v) is 5.98. The highest BCUT2D eigenvalue weighted by atomic mass is 16.5. The summed E-state index contributed by atoms with van der Waals surface area (Å²) in [6.07, 6.45) is 3.84. The van der Waals surface area contributed by atoms with E-state index in [1.807, 2.05) is 37.3 Å². The Hall–Kier alpha value is -2.49. The summed E-state index contributed by atoms with van der Waals surface area (Å²) in [6, 6.07) is 15.4. The topological polar surface area (TPSA) is 41.6 Å². The zero-order chi connectivity index (χ0) is 16.8. The van der Waals surface area contributed by atoms with E-state index in [0.717, 1.165) is 18.8 Å². The highest BCUT2D eigenvalue weighted by Crippen LogP contribution is 2.23. The number of para-hydroxylation sites is 1. The van der Waals surface area contributed by atoms with Crippen molar-refractivity contribution in [1.29, 1.82) is 0 Å². The van der Waals surface area contributed by atoms with E-state index in [1.165, 1.54) is 24.9 Å². The lowest BCUT2D eigenvalue weighted by molar-refractivity contribution is 0.102. The molecule has 0 saturated carbocycles. The largest absolute Gasteiger partial charge is 0.493 e. The van der Waals surface area contributed by atoms with Gasteiger partial charge in [-0.15, -0.1) is 0 Å². The molecule has 0 atom stereocenters. The number of piperidine rings is 1. The fourth-order valence-electron chi connectivity index (χ4n) is 3.04. The Balaban J connectivity index is 1.68. The smallest absolute Gasteiger partial charge is 0.259 e. The van der Waals surface area contributed by atoms with Crippen LogP contribution >= 0.6 is 0 Å². The zero-order valence-electron chi connectivity index (χ0n) is 14.1. The van der Waals surface area contributed by atoms with Gasteiger partial charge in [-0.1, -0.05) is 12.1 Å². The highest BCUT2D eigenvalue weighted by Gasteiger charge is 2.13. The number of carbonyl (C=O) groups excluding carboxylic acids is 1. The summed E-state index contributed by atoms with van der Waals surface area (Å²) in [5.41, 5.74) is 2.58. The molecule has 2 aromatic carbocycles. The molecule has 1 aliphatic rings. The molecule has 126 valence electrons. The fourth-order valence-corrected chi connectivity index (χ4v) is 3.04. The van der Waals surface area contributed by atoms with Crippen LogP contribution in [0.3, 0.4) is 0 Å². The van der Waals surface area contributed by atoms with Crippen molar-refractivity contribution in [2.45, 2.75) is 26.2 Å². The molecular formula is C20H24N2O2. The van der Waals surface area contributed by atoms with Crippen LogP contribution in [-0.4, -0.2) is 25.6 Å². The molecule has 1 heterocycles. The van der Waals surface area contributed by atoms with Gasteiger partial charge < -0.3 is 15.0 Å². The van der Waals surface area contributed by atoms with Gasteiger partial charge in [-0.25, -0.2) is 0 Å². The predicted molar refractivity (Wildman–Crippen MR) is 98.1 cm³/mol. The van der Waals surface area contributed by atoms with Gasteiger partial charge in [-0.05, 0) is 62.6 Å². The lowest BCUT2D eigenvalue weighted by atomic mass is 10.1. The number of hydrogen-bond donors (Lipinski definition) is 1. The van der Waals surface area contributed by atoms with Crippen molar-refractivity contribution in [2.75, 3.05) is 29.9 Å². The van der Waals surface area contributed by atoms with Crippen molar-refractivity contribution in [3.8, 4) is 5.75 Å². The molecule has 0 aromatic heterocycles. The molecule has 4 heteroatoms. The number of hydrogen-bond acceptors (Lipinski definition) is 3. The number of nitrogens with zero attached hydrogens (tertiary/aromatic N) is 1. The van der Waals surface area contributed by atoms with Gasteiger partial charge in [0, 0.05) is 24.5 Å². The summed E-state index contributed by atoms with van der Waals surface area (Å²) >= 11 is 0. The number of amides is 1. The standard InChI is InChI=1S/C20H24N2O2/c1-2-24-19-9-5-4-8-18(19)20(23)21-16-10-12-17(13-11-16)22-14-6-3-7-15-22/h4-5,8-13H,2-3,6-7,14-15H2,1H3,(H,21,23). The maximum Gasteiger partial charge on any atom is 0.259 e. The number of ether oxygens (including phenoxy) is 1. The maximum atomic E-state index is 12.5. The Morgan fingerprint density at radius 3 is 2.46 bits per heavy atom. The van der Waals surface area contributed by atoms with E-state index in [4.69, 9.17) is 4.74 Å². The van der Waals surface area contributed by atoms with Crippen LogP contribution in [-0.2, 0) is 0 Å². The molecule has 0 aliphatic carbocycles. The van der Waals surface area contributed by atoms with Crippen LogP contribution in [0.4, 0.5) is 11.4 Å². The number of anilines is 2. The van der Waals surface area contributed by atoms with Crippen LogP contribution in [0, 0.1) is 0 Å². The van der Waals surface area contributed by atoms with Gasteiger partial charge in [-0.3, -0.25) is 4.79 Å². The van der Waals surface area contributed by atoms with Gasteiger partial charge in [0.1, 0.15) is 5.75 Å². The third-order valence-electron chi connectivity index (χ3n) is 4.28. The monoisotopic (exact) mass is 324 g/mol. The van der Waals surface area contributed by atoms with Crippen LogP contribution in [0.5, 0.6) is 5.75 Å². The van der Waals surface area contributed by atoms with Crippen molar-refractivity contribution in [2.24, 2.45) is 0 Å². The average Bonchev–Trinajstić information content (AvgIpc) is 2.64. The van der Waals surface area contributed by atoms with Gasteiger partial charge >= 0.3 is 0 Å². The molecule has 3 rings (SSSR count).